The zero-order chi connectivity index (χ0) is 14.2. The highest BCUT2D eigenvalue weighted by atomic mass is 32.2. The summed E-state index contributed by atoms with van der Waals surface area (Å²) >= 11 is 6.49. The molecule has 1 aliphatic heterocycles. The van der Waals surface area contributed by atoms with E-state index in [0.29, 0.717) is 14.8 Å². The van der Waals surface area contributed by atoms with E-state index in [0.717, 1.165) is 0 Å². The highest BCUT2D eigenvalue weighted by Crippen LogP contribution is 2.36. The van der Waals surface area contributed by atoms with Crippen molar-refractivity contribution in [1.29, 1.82) is 0 Å². The Morgan fingerprint density at radius 2 is 2.05 bits per heavy atom. The molecule has 0 aliphatic carbocycles. The molecule has 1 fully saturated rings. The third-order valence-electron chi connectivity index (χ3n) is 2.61. The van der Waals surface area contributed by atoms with Gasteiger partial charge in [0.15, 0.2) is 0 Å². The fraction of sp³-hybridized carbons (Fsp3) is 0.286. The van der Waals surface area contributed by atoms with E-state index in [1.165, 1.54) is 23.9 Å². The Labute approximate surface area is 121 Å². The van der Waals surface area contributed by atoms with Gasteiger partial charge in [-0.2, -0.15) is 0 Å². The summed E-state index contributed by atoms with van der Waals surface area (Å²) in [5.41, 5.74) is 0.313. The van der Waals surface area contributed by atoms with Crippen molar-refractivity contribution >= 4 is 40.3 Å². The molecule has 0 radical (unpaired) electrons. The van der Waals surface area contributed by atoms with Gasteiger partial charge in [0.05, 0.1) is 4.91 Å². The molecule has 2 rings (SSSR count). The Bertz CT molecular complexity index is 575. The van der Waals surface area contributed by atoms with Crippen molar-refractivity contribution in [2.75, 3.05) is 0 Å². The number of amides is 1. The molecule has 0 bridgehead atoms. The van der Waals surface area contributed by atoms with Crippen molar-refractivity contribution < 1.29 is 9.18 Å². The zero-order valence-electron chi connectivity index (χ0n) is 10.9. The van der Waals surface area contributed by atoms with Gasteiger partial charge in [-0.1, -0.05) is 36.1 Å². The van der Waals surface area contributed by atoms with Crippen LogP contribution in [-0.4, -0.2) is 20.7 Å². The molecule has 1 amide bonds. The number of thioether (sulfide) groups is 1. The smallest absolute Gasteiger partial charge is 0.266 e. The van der Waals surface area contributed by atoms with E-state index in [4.69, 9.17) is 12.2 Å². The fourth-order valence-corrected chi connectivity index (χ4v) is 3.43. The molecule has 19 heavy (non-hydrogen) atoms. The SMILES string of the molecule is CC(C)(C)N1C(=O)/C(=C/c2cccc(F)c2)SC1=S. The van der Waals surface area contributed by atoms with Gasteiger partial charge in [0.1, 0.15) is 10.1 Å². The zero-order valence-corrected chi connectivity index (χ0v) is 12.6. The first-order valence-electron chi connectivity index (χ1n) is 5.83. The van der Waals surface area contributed by atoms with Crippen LogP contribution in [0.1, 0.15) is 26.3 Å². The summed E-state index contributed by atoms with van der Waals surface area (Å²) in [7, 11) is 0. The largest absolute Gasteiger partial charge is 0.288 e. The van der Waals surface area contributed by atoms with E-state index in [1.54, 1.807) is 23.1 Å². The first-order chi connectivity index (χ1) is 8.79. The van der Waals surface area contributed by atoms with Crippen LogP contribution < -0.4 is 0 Å². The number of rotatable bonds is 1. The highest BCUT2D eigenvalue weighted by Gasteiger charge is 2.38. The van der Waals surface area contributed by atoms with Gasteiger partial charge in [-0.05, 0) is 44.5 Å². The maximum atomic E-state index is 13.1. The van der Waals surface area contributed by atoms with Gasteiger partial charge in [-0.25, -0.2) is 4.39 Å². The summed E-state index contributed by atoms with van der Waals surface area (Å²) in [5, 5.41) is 0. The number of benzene rings is 1. The molecule has 0 unspecified atom stereocenters. The van der Waals surface area contributed by atoms with Crippen LogP contribution in [0.5, 0.6) is 0 Å². The molecule has 100 valence electrons. The van der Waals surface area contributed by atoms with Crippen LogP contribution in [0.4, 0.5) is 4.39 Å². The summed E-state index contributed by atoms with van der Waals surface area (Å²) in [5.74, 6) is -0.438. The van der Waals surface area contributed by atoms with Crippen LogP contribution in [0.2, 0.25) is 0 Å². The highest BCUT2D eigenvalue weighted by molar-refractivity contribution is 8.26. The molecule has 1 aliphatic rings. The number of carbonyl (C=O) groups is 1. The maximum absolute atomic E-state index is 13.1. The number of thiocarbonyl (C=S) groups is 1. The van der Waals surface area contributed by atoms with Crippen molar-refractivity contribution in [2.24, 2.45) is 0 Å². The van der Waals surface area contributed by atoms with Gasteiger partial charge in [0.25, 0.3) is 5.91 Å². The lowest BCUT2D eigenvalue weighted by Crippen LogP contribution is -2.44. The van der Waals surface area contributed by atoms with Gasteiger partial charge in [-0.15, -0.1) is 0 Å². The molecular formula is C14H14FNOS2. The summed E-state index contributed by atoms with van der Waals surface area (Å²) in [6.07, 6.45) is 1.67. The van der Waals surface area contributed by atoms with E-state index < -0.39 is 0 Å². The molecule has 0 saturated carbocycles. The minimum atomic E-state index is -0.349. The number of hydrogen-bond donors (Lipinski definition) is 0. The van der Waals surface area contributed by atoms with E-state index in [2.05, 4.69) is 0 Å². The molecule has 0 N–H and O–H groups in total. The second kappa shape index (κ2) is 5.06. The van der Waals surface area contributed by atoms with Gasteiger partial charge in [0, 0.05) is 5.54 Å². The van der Waals surface area contributed by atoms with Crippen molar-refractivity contribution in [3.05, 3.63) is 40.6 Å². The molecule has 1 saturated heterocycles. The Morgan fingerprint density at radius 3 is 2.58 bits per heavy atom. The van der Waals surface area contributed by atoms with E-state index >= 15 is 0 Å². The Morgan fingerprint density at radius 1 is 1.37 bits per heavy atom. The molecule has 5 heteroatoms. The van der Waals surface area contributed by atoms with E-state index in [9.17, 15) is 9.18 Å². The molecule has 1 aromatic rings. The quantitative estimate of drug-likeness (QED) is 0.580. The number of hydrogen-bond acceptors (Lipinski definition) is 3. The third kappa shape index (κ3) is 3.04. The second-order valence-electron chi connectivity index (χ2n) is 5.24. The first-order valence-corrected chi connectivity index (χ1v) is 7.05. The topological polar surface area (TPSA) is 20.3 Å². The fourth-order valence-electron chi connectivity index (χ4n) is 1.79. The van der Waals surface area contributed by atoms with Crippen LogP contribution in [0.3, 0.4) is 0 Å². The van der Waals surface area contributed by atoms with Crippen LogP contribution in [0.15, 0.2) is 29.2 Å². The van der Waals surface area contributed by atoms with Crippen LogP contribution >= 0.6 is 24.0 Å². The summed E-state index contributed by atoms with van der Waals surface area (Å²) < 4.78 is 13.7. The molecule has 0 spiro atoms. The lowest BCUT2D eigenvalue weighted by molar-refractivity contribution is -0.125. The van der Waals surface area contributed by atoms with Crippen molar-refractivity contribution in [3.63, 3.8) is 0 Å². The molecule has 1 heterocycles. The summed E-state index contributed by atoms with van der Waals surface area (Å²) in [6, 6.07) is 6.14. The second-order valence-corrected chi connectivity index (χ2v) is 6.92. The number of nitrogens with zero attached hydrogens (tertiary/aromatic N) is 1. The minimum Gasteiger partial charge on any atom is -0.288 e. The molecule has 1 aromatic carbocycles. The summed E-state index contributed by atoms with van der Waals surface area (Å²) in [6.45, 7) is 5.80. The lowest BCUT2D eigenvalue weighted by Gasteiger charge is -2.30. The van der Waals surface area contributed by atoms with Crippen molar-refractivity contribution in [1.82, 2.24) is 4.90 Å². The predicted molar refractivity (Wildman–Crippen MR) is 81.2 cm³/mol. The van der Waals surface area contributed by atoms with Gasteiger partial charge in [-0.3, -0.25) is 9.69 Å². The first kappa shape index (κ1) is 14.2. The van der Waals surface area contributed by atoms with E-state index in [1.807, 2.05) is 20.8 Å². The Balaban J connectivity index is 2.34. The number of carbonyl (C=O) groups excluding carboxylic acids is 1. The molecule has 2 nitrogen and oxygen atoms in total. The van der Waals surface area contributed by atoms with E-state index in [-0.39, 0.29) is 17.3 Å². The van der Waals surface area contributed by atoms with Gasteiger partial charge < -0.3 is 0 Å². The van der Waals surface area contributed by atoms with Crippen LogP contribution in [-0.2, 0) is 4.79 Å². The third-order valence-corrected chi connectivity index (χ3v) is 3.91. The monoisotopic (exact) mass is 295 g/mol. The molecule has 0 aromatic heterocycles. The Kier molecular flexibility index (Phi) is 3.78. The maximum Gasteiger partial charge on any atom is 0.266 e. The van der Waals surface area contributed by atoms with Crippen molar-refractivity contribution in [3.8, 4) is 0 Å². The molecule has 0 atom stereocenters. The van der Waals surface area contributed by atoms with Gasteiger partial charge in [0.2, 0.25) is 0 Å². The normalized spacial score (nSPS) is 18.5. The average Bonchev–Trinajstić information content (AvgIpc) is 2.53. The average molecular weight is 295 g/mol. The summed E-state index contributed by atoms with van der Waals surface area (Å²) in [4.78, 5) is 14.4. The number of halogens is 1. The minimum absolute atomic E-state index is 0.119. The van der Waals surface area contributed by atoms with Crippen LogP contribution in [0.25, 0.3) is 6.08 Å². The van der Waals surface area contributed by atoms with Crippen molar-refractivity contribution in [2.45, 2.75) is 26.3 Å². The lowest BCUT2D eigenvalue weighted by atomic mass is 10.1. The predicted octanol–water partition coefficient (Wildman–Crippen LogP) is 3.83. The Hall–Kier alpha value is -1.20. The standard InChI is InChI=1S/C14H14FNOS2/c1-14(2,3)16-12(17)11(19-13(16)18)8-9-5-4-6-10(15)7-9/h4-8H,1-3H3/b11-8-. The molecular weight excluding hydrogens is 281 g/mol. The van der Waals surface area contributed by atoms with Gasteiger partial charge >= 0.3 is 0 Å². The van der Waals surface area contributed by atoms with Crippen LogP contribution in [0, 0.1) is 5.82 Å².